The number of carbonyl (C=O) groups excluding carboxylic acids is 2. The van der Waals surface area contributed by atoms with Crippen LogP contribution in [0, 0.1) is 5.82 Å². The molecule has 2 N–H and O–H groups in total. The zero-order chi connectivity index (χ0) is 17.4. The highest BCUT2D eigenvalue weighted by molar-refractivity contribution is 7.98. The molecule has 126 valence electrons. The molecule has 24 heavy (non-hydrogen) atoms. The molecule has 4 nitrogen and oxygen atoms in total. The van der Waals surface area contributed by atoms with Crippen LogP contribution in [0.5, 0.6) is 0 Å². The van der Waals surface area contributed by atoms with E-state index in [4.69, 9.17) is 0 Å². The fourth-order valence-corrected chi connectivity index (χ4v) is 3.10. The predicted octanol–water partition coefficient (Wildman–Crippen LogP) is 2.98. The van der Waals surface area contributed by atoms with Crippen molar-refractivity contribution in [2.45, 2.75) is 17.6 Å². The lowest BCUT2D eigenvalue weighted by Crippen LogP contribution is -2.36. The van der Waals surface area contributed by atoms with E-state index in [-0.39, 0.29) is 24.2 Å². The van der Waals surface area contributed by atoms with Gasteiger partial charge in [-0.3, -0.25) is 9.59 Å². The van der Waals surface area contributed by atoms with Crippen molar-refractivity contribution < 1.29 is 14.0 Å². The van der Waals surface area contributed by atoms with Gasteiger partial charge in [-0.1, -0.05) is 30.3 Å². The summed E-state index contributed by atoms with van der Waals surface area (Å²) >= 11 is 1.39. The van der Waals surface area contributed by atoms with Crippen LogP contribution >= 0.6 is 11.8 Å². The third kappa shape index (κ3) is 5.09. The van der Waals surface area contributed by atoms with Gasteiger partial charge in [-0.2, -0.15) is 0 Å². The molecule has 0 fully saturated rings. The van der Waals surface area contributed by atoms with E-state index in [1.54, 1.807) is 30.3 Å². The summed E-state index contributed by atoms with van der Waals surface area (Å²) in [6.45, 7) is 2.26. The number of hydrogen-bond acceptors (Lipinski definition) is 3. The smallest absolute Gasteiger partial charge is 0.252 e. The number of halogens is 1. The van der Waals surface area contributed by atoms with Crippen LogP contribution in [0.25, 0.3) is 0 Å². The number of amides is 2. The SMILES string of the molecule is CCNC(=O)CNC(=O)c1ccccc1SCc1ccccc1F. The maximum atomic E-state index is 13.7. The highest BCUT2D eigenvalue weighted by Crippen LogP contribution is 2.27. The summed E-state index contributed by atoms with van der Waals surface area (Å²) in [5, 5.41) is 5.21. The van der Waals surface area contributed by atoms with Gasteiger partial charge in [-0.15, -0.1) is 11.8 Å². The zero-order valence-corrected chi connectivity index (χ0v) is 14.2. The lowest BCUT2D eigenvalue weighted by Gasteiger charge is -2.10. The van der Waals surface area contributed by atoms with Gasteiger partial charge in [0.25, 0.3) is 5.91 Å². The zero-order valence-electron chi connectivity index (χ0n) is 13.3. The molecule has 0 bridgehead atoms. The minimum Gasteiger partial charge on any atom is -0.355 e. The second-order valence-electron chi connectivity index (χ2n) is 5.01. The molecule has 2 amide bonds. The van der Waals surface area contributed by atoms with Crippen LogP contribution < -0.4 is 10.6 Å². The van der Waals surface area contributed by atoms with E-state index in [1.807, 2.05) is 19.1 Å². The lowest BCUT2D eigenvalue weighted by atomic mass is 10.2. The molecule has 0 heterocycles. The van der Waals surface area contributed by atoms with Crippen molar-refractivity contribution in [2.75, 3.05) is 13.1 Å². The maximum Gasteiger partial charge on any atom is 0.252 e. The lowest BCUT2D eigenvalue weighted by molar-refractivity contribution is -0.120. The summed E-state index contributed by atoms with van der Waals surface area (Å²) in [6, 6.07) is 13.7. The molecular formula is C18H19FN2O2S. The number of carbonyl (C=O) groups is 2. The van der Waals surface area contributed by atoms with Crippen LogP contribution in [0.2, 0.25) is 0 Å². The first-order valence-corrected chi connectivity index (χ1v) is 8.60. The third-order valence-corrected chi connectivity index (χ3v) is 4.38. The van der Waals surface area contributed by atoms with Gasteiger partial charge >= 0.3 is 0 Å². The second kappa shape index (κ2) is 9.08. The fraction of sp³-hybridized carbons (Fsp3) is 0.222. The molecule has 0 aliphatic carbocycles. The number of thioether (sulfide) groups is 1. The average Bonchev–Trinajstić information content (AvgIpc) is 2.59. The Balaban J connectivity index is 2.03. The molecular weight excluding hydrogens is 327 g/mol. The minimum absolute atomic E-state index is 0.0704. The number of nitrogens with one attached hydrogen (secondary N) is 2. The van der Waals surface area contributed by atoms with Gasteiger partial charge < -0.3 is 10.6 Å². The first-order chi connectivity index (χ1) is 11.6. The molecule has 0 atom stereocenters. The maximum absolute atomic E-state index is 13.7. The Morgan fingerprint density at radius 2 is 1.75 bits per heavy atom. The molecule has 0 spiro atoms. The molecule has 0 radical (unpaired) electrons. The van der Waals surface area contributed by atoms with Gasteiger partial charge in [0.1, 0.15) is 5.82 Å². The van der Waals surface area contributed by atoms with E-state index in [0.717, 1.165) is 4.90 Å². The van der Waals surface area contributed by atoms with Crippen LogP contribution in [-0.4, -0.2) is 24.9 Å². The van der Waals surface area contributed by atoms with E-state index in [2.05, 4.69) is 10.6 Å². The Kier molecular flexibility index (Phi) is 6.81. The molecule has 0 unspecified atom stereocenters. The molecule has 0 aliphatic heterocycles. The Hall–Kier alpha value is -2.34. The first kappa shape index (κ1) is 18.0. The van der Waals surface area contributed by atoms with Crippen molar-refractivity contribution in [3.63, 3.8) is 0 Å². The van der Waals surface area contributed by atoms with Crippen LogP contribution in [0.3, 0.4) is 0 Å². The Morgan fingerprint density at radius 1 is 1.04 bits per heavy atom. The highest BCUT2D eigenvalue weighted by atomic mass is 32.2. The summed E-state index contributed by atoms with van der Waals surface area (Å²) in [7, 11) is 0. The Labute approximate surface area is 144 Å². The highest BCUT2D eigenvalue weighted by Gasteiger charge is 2.13. The van der Waals surface area contributed by atoms with Gasteiger partial charge in [-0.25, -0.2) is 4.39 Å². The van der Waals surface area contributed by atoms with Gasteiger partial charge in [0.15, 0.2) is 0 Å². The van der Waals surface area contributed by atoms with Crippen molar-refractivity contribution in [3.8, 4) is 0 Å². The van der Waals surface area contributed by atoms with Crippen molar-refractivity contribution in [1.82, 2.24) is 10.6 Å². The van der Waals surface area contributed by atoms with E-state index in [9.17, 15) is 14.0 Å². The molecule has 0 saturated carbocycles. The van der Waals surface area contributed by atoms with E-state index in [1.165, 1.54) is 17.8 Å². The topological polar surface area (TPSA) is 58.2 Å². The minimum atomic E-state index is -0.321. The second-order valence-corrected chi connectivity index (χ2v) is 6.03. The predicted molar refractivity (Wildman–Crippen MR) is 93.4 cm³/mol. The van der Waals surface area contributed by atoms with Gasteiger partial charge in [0.2, 0.25) is 5.91 Å². The molecule has 2 aromatic carbocycles. The van der Waals surface area contributed by atoms with E-state index < -0.39 is 0 Å². The average molecular weight is 346 g/mol. The summed E-state index contributed by atoms with van der Waals surface area (Å²) in [5.41, 5.74) is 1.06. The number of benzene rings is 2. The molecule has 6 heteroatoms. The fourth-order valence-electron chi connectivity index (χ4n) is 2.07. The van der Waals surface area contributed by atoms with Crippen molar-refractivity contribution in [3.05, 3.63) is 65.5 Å². The normalized spacial score (nSPS) is 10.2. The van der Waals surface area contributed by atoms with E-state index >= 15 is 0 Å². The van der Waals surface area contributed by atoms with Crippen LogP contribution in [0.4, 0.5) is 4.39 Å². The molecule has 0 saturated heterocycles. The number of hydrogen-bond donors (Lipinski definition) is 2. The quantitative estimate of drug-likeness (QED) is 0.758. The molecule has 0 aliphatic rings. The summed E-state index contributed by atoms with van der Waals surface area (Å²) in [5.74, 6) is -0.392. The number of likely N-dealkylation sites (N-methyl/N-ethyl adjacent to an activating group) is 1. The van der Waals surface area contributed by atoms with Crippen molar-refractivity contribution in [1.29, 1.82) is 0 Å². The summed E-state index contributed by atoms with van der Waals surface area (Å²) in [4.78, 5) is 24.5. The van der Waals surface area contributed by atoms with Crippen LogP contribution in [0.15, 0.2) is 53.4 Å². The van der Waals surface area contributed by atoms with Crippen molar-refractivity contribution >= 4 is 23.6 Å². The van der Waals surface area contributed by atoms with E-state index in [0.29, 0.717) is 23.4 Å². The summed E-state index contributed by atoms with van der Waals surface area (Å²) in [6.07, 6.45) is 0. The van der Waals surface area contributed by atoms with Gasteiger partial charge in [0.05, 0.1) is 12.1 Å². The molecule has 0 aromatic heterocycles. The van der Waals surface area contributed by atoms with Gasteiger partial charge in [-0.05, 0) is 30.7 Å². The largest absolute Gasteiger partial charge is 0.355 e. The van der Waals surface area contributed by atoms with Crippen LogP contribution in [-0.2, 0) is 10.5 Å². The number of rotatable bonds is 7. The molecule has 2 aromatic rings. The Morgan fingerprint density at radius 3 is 2.50 bits per heavy atom. The van der Waals surface area contributed by atoms with Gasteiger partial charge in [0, 0.05) is 17.2 Å². The molecule has 2 rings (SSSR count). The summed E-state index contributed by atoms with van der Waals surface area (Å²) < 4.78 is 13.7. The monoisotopic (exact) mass is 346 g/mol. The standard InChI is InChI=1S/C18H19FN2O2S/c1-2-20-17(22)11-21-18(23)14-8-4-6-10-16(14)24-12-13-7-3-5-9-15(13)19/h3-10H,2,11-12H2,1H3,(H,20,22)(H,21,23). The Bertz CT molecular complexity index is 722. The van der Waals surface area contributed by atoms with Crippen molar-refractivity contribution in [2.24, 2.45) is 0 Å². The third-order valence-electron chi connectivity index (χ3n) is 3.26. The van der Waals surface area contributed by atoms with Crippen LogP contribution in [0.1, 0.15) is 22.8 Å². The first-order valence-electron chi connectivity index (χ1n) is 7.62.